The fourth-order valence-corrected chi connectivity index (χ4v) is 3.41. The fourth-order valence-electron chi connectivity index (χ4n) is 2.44. The SMILES string of the molecule is CC1CCN(C(=O)c2cc(S(=O)(=O)Cl)ccc2Cl)CC1C. The van der Waals surface area contributed by atoms with E-state index in [0.717, 1.165) is 6.42 Å². The Hall–Kier alpha value is -0.780. The van der Waals surface area contributed by atoms with Crippen molar-refractivity contribution >= 4 is 37.2 Å². The van der Waals surface area contributed by atoms with Crippen molar-refractivity contribution in [2.24, 2.45) is 11.8 Å². The van der Waals surface area contributed by atoms with E-state index in [-0.39, 0.29) is 21.4 Å². The highest BCUT2D eigenvalue weighted by molar-refractivity contribution is 8.13. The third kappa shape index (κ3) is 3.71. The molecule has 0 saturated carbocycles. The maximum absolute atomic E-state index is 12.6. The Balaban J connectivity index is 2.31. The molecule has 0 radical (unpaired) electrons. The Morgan fingerprint density at radius 3 is 2.52 bits per heavy atom. The topological polar surface area (TPSA) is 54.5 Å². The molecule has 21 heavy (non-hydrogen) atoms. The quantitative estimate of drug-likeness (QED) is 0.769. The minimum Gasteiger partial charge on any atom is -0.338 e. The van der Waals surface area contributed by atoms with Crippen LogP contribution in [0, 0.1) is 11.8 Å². The molecule has 2 unspecified atom stereocenters. The van der Waals surface area contributed by atoms with E-state index < -0.39 is 9.05 Å². The molecule has 0 aliphatic carbocycles. The zero-order valence-electron chi connectivity index (χ0n) is 11.8. The van der Waals surface area contributed by atoms with Crippen molar-refractivity contribution in [3.05, 3.63) is 28.8 Å². The molecule has 1 aromatic rings. The fraction of sp³-hybridized carbons (Fsp3) is 0.500. The summed E-state index contributed by atoms with van der Waals surface area (Å²) in [6, 6.07) is 3.93. The molecule has 1 aromatic carbocycles. The second-order valence-electron chi connectivity index (χ2n) is 5.57. The van der Waals surface area contributed by atoms with Gasteiger partial charge in [0.05, 0.1) is 15.5 Å². The van der Waals surface area contributed by atoms with Crippen molar-refractivity contribution in [2.75, 3.05) is 13.1 Å². The van der Waals surface area contributed by atoms with E-state index in [1.54, 1.807) is 4.90 Å². The standard InChI is InChI=1S/C14H17Cl2NO3S/c1-9-5-6-17(8-10(9)2)14(18)12-7-11(21(16,19)20)3-4-13(12)15/h3-4,7,9-10H,5-6,8H2,1-2H3. The van der Waals surface area contributed by atoms with Gasteiger partial charge in [0.25, 0.3) is 15.0 Å². The van der Waals surface area contributed by atoms with Crippen molar-refractivity contribution < 1.29 is 13.2 Å². The zero-order valence-corrected chi connectivity index (χ0v) is 14.2. The van der Waals surface area contributed by atoms with Gasteiger partial charge in [-0.2, -0.15) is 0 Å². The highest BCUT2D eigenvalue weighted by Gasteiger charge is 2.28. The smallest absolute Gasteiger partial charge is 0.261 e. The van der Waals surface area contributed by atoms with Crippen LogP contribution in [0.2, 0.25) is 5.02 Å². The van der Waals surface area contributed by atoms with Gasteiger partial charge in [0, 0.05) is 23.8 Å². The molecule has 4 nitrogen and oxygen atoms in total. The summed E-state index contributed by atoms with van der Waals surface area (Å²) >= 11 is 6.04. The van der Waals surface area contributed by atoms with Crippen molar-refractivity contribution in [3.8, 4) is 0 Å². The number of halogens is 2. The van der Waals surface area contributed by atoms with Crippen LogP contribution in [0.15, 0.2) is 23.1 Å². The first-order valence-electron chi connectivity index (χ1n) is 6.73. The van der Waals surface area contributed by atoms with Gasteiger partial charge in [0.15, 0.2) is 0 Å². The van der Waals surface area contributed by atoms with E-state index in [1.807, 2.05) is 0 Å². The molecule has 0 N–H and O–H groups in total. The molecule has 1 aliphatic heterocycles. The van der Waals surface area contributed by atoms with Crippen molar-refractivity contribution in [1.82, 2.24) is 4.90 Å². The summed E-state index contributed by atoms with van der Waals surface area (Å²) in [7, 11) is 1.44. The number of hydrogen-bond donors (Lipinski definition) is 0. The highest BCUT2D eigenvalue weighted by atomic mass is 35.7. The number of benzene rings is 1. The minimum absolute atomic E-state index is 0.115. The van der Waals surface area contributed by atoms with Crippen LogP contribution in [0.25, 0.3) is 0 Å². The normalized spacial score (nSPS) is 23.1. The summed E-state index contributed by atoms with van der Waals surface area (Å²) in [6.45, 7) is 5.57. The molecule has 1 aliphatic rings. The van der Waals surface area contributed by atoms with Crippen LogP contribution in [0.5, 0.6) is 0 Å². The van der Waals surface area contributed by atoms with Gasteiger partial charge in [0.2, 0.25) is 0 Å². The minimum atomic E-state index is -3.88. The summed E-state index contributed by atoms with van der Waals surface area (Å²) in [5.74, 6) is 0.724. The molecule has 7 heteroatoms. The number of rotatable bonds is 2. The second-order valence-corrected chi connectivity index (χ2v) is 8.55. The number of likely N-dealkylation sites (tertiary alicyclic amines) is 1. The zero-order chi connectivity index (χ0) is 15.8. The number of carbonyl (C=O) groups excluding carboxylic acids is 1. The first kappa shape index (κ1) is 16.6. The van der Waals surface area contributed by atoms with Crippen LogP contribution in [0.4, 0.5) is 0 Å². The lowest BCUT2D eigenvalue weighted by atomic mass is 9.88. The van der Waals surface area contributed by atoms with E-state index in [4.69, 9.17) is 22.3 Å². The van der Waals surface area contributed by atoms with Crippen molar-refractivity contribution in [1.29, 1.82) is 0 Å². The van der Waals surface area contributed by atoms with Crippen LogP contribution < -0.4 is 0 Å². The molecule has 1 amide bonds. The monoisotopic (exact) mass is 349 g/mol. The second kappa shape index (κ2) is 6.15. The summed E-state index contributed by atoms with van der Waals surface area (Å²) < 4.78 is 22.8. The van der Waals surface area contributed by atoms with Gasteiger partial charge in [-0.15, -0.1) is 0 Å². The predicted molar refractivity (Wildman–Crippen MR) is 83.3 cm³/mol. The van der Waals surface area contributed by atoms with Crippen LogP contribution in [0.3, 0.4) is 0 Å². The average Bonchev–Trinajstić information content (AvgIpc) is 2.40. The Bertz CT molecular complexity index is 660. The maximum atomic E-state index is 12.6. The lowest BCUT2D eigenvalue weighted by Crippen LogP contribution is -2.42. The molecule has 2 atom stereocenters. The Labute approximate surface area is 134 Å². The van der Waals surface area contributed by atoms with Crippen LogP contribution in [-0.4, -0.2) is 32.3 Å². The molecule has 1 fully saturated rings. The van der Waals surface area contributed by atoms with E-state index in [1.165, 1.54) is 18.2 Å². The summed E-state index contributed by atoms with van der Waals surface area (Å²) in [5, 5.41) is 0.232. The average molecular weight is 350 g/mol. The van der Waals surface area contributed by atoms with Crippen LogP contribution in [-0.2, 0) is 9.05 Å². The molecule has 2 rings (SSSR count). The van der Waals surface area contributed by atoms with E-state index >= 15 is 0 Å². The van der Waals surface area contributed by atoms with Crippen LogP contribution in [0.1, 0.15) is 30.6 Å². The lowest BCUT2D eigenvalue weighted by molar-refractivity contribution is 0.0627. The van der Waals surface area contributed by atoms with Gasteiger partial charge in [-0.05, 0) is 36.5 Å². The molecule has 1 heterocycles. The Morgan fingerprint density at radius 2 is 1.95 bits per heavy atom. The van der Waals surface area contributed by atoms with Crippen molar-refractivity contribution in [3.63, 3.8) is 0 Å². The third-order valence-corrected chi connectivity index (χ3v) is 5.75. The van der Waals surface area contributed by atoms with E-state index in [2.05, 4.69) is 13.8 Å². The van der Waals surface area contributed by atoms with Gasteiger partial charge in [-0.25, -0.2) is 8.42 Å². The number of hydrogen-bond acceptors (Lipinski definition) is 3. The van der Waals surface area contributed by atoms with Crippen LogP contribution >= 0.6 is 22.3 Å². The molecule has 1 saturated heterocycles. The highest BCUT2D eigenvalue weighted by Crippen LogP contribution is 2.27. The molecular weight excluding hydrogens is 333 g/mol. The van der Waals surface area contributed by atoms with Gasteiger partial charge in [-0.3, -0.25) is 4.79 Å². The molecule has 116 valence electrons. The third-order valence-electron chi connectivity index (χ3n) is 4.07. The summed E-state index contributed by atoms with van der Waals surface area (Å²) in [4.78, 5) is 14.2. The molecule has 0 bridgehead atoms. The lowest BCUT2D eigenvalue weighted by Gasteiger charge is -2.35. The Morgan fingerprint density at radius 1 is 1.29 bits per heavy atom. The molecule has 0 spiro atoms. The van der Waals surface area contributed by atoms with Gasteiger partial charge in [-0.1, -0.05) is 25.4 Å². The largest absolute Gasteiger partial charge is 0.338 e. The van der Waals surface area contributed by atoms with Gasteiger partial charge < -0.3 is 4.90 Å². The number of nitrogens with zero attached hydrogens (tertiary/aromatic N) is 1. The summed E-state index contributed by atoms with van der Waals surface area (Å²) in [6.07, 6.45) is 0.929. The van der Waals surface area contributed by atoms with Crippen molar-refractivity contribution in [2.45, 2.75) is 25.2 Å². The Kier molecular flexibility index (Phi) is 4.85. The predicted octanol–water partition coefficient (Wildman–Crippen LogP) is 3.39. The number of amides is 1. The van der Waals surface area contributed by atoms with Gasteiger partial charge >= 0.3 is 0 Å². The number of carbonyl (C=O) groups is 1. The van der Waals surface area contributed by atoms with E-state index in [9.17, 15) is 13.2 Å². The maximum Gasteiger partial charge on any atom is 0.261 e. The van der Waals surface area contributed by atoms with Gasteiger partial charge in [0.1, 0.15) is 0 Å². The molecule has 0 aromatic heterocycles. The first-order chi connectivity index (χ1) is 9.70. The van der Waals surface area contributed by atoms with E-state index in [0.29, 0.717) is 24.9 Å². The molecular formula is C14H17Cl2NO3S. The summed E-state index contributed by atoms with van der Waals surface area (Å²) in [5.41, 5.74) is 0.181. The first-order valence-corrected chi connectivity index (χ1v) is 9.42. The number of piperidine rings is 1.